The standard InChI is InChI=1S/C16H19N3O2/c1-11-5-4-6-12(11)9-18-16-13-7-2-3-8-14(13)17-10-15(16)19(20)21/h2-3,7-8,10-12H,4-6,9H2,1H3,(H,17,18). The Hall–Kier alpha value is -2.17. The lowest BCUT2D eigenvalue weighted by Crippen LogP contribution is -2.17. The molecular formula is C16H19N3O2. The van der Waals surface area contributed by atoms with E-state index in [1.54, 1.807) is 0 Å². The van der Waals surface area contributed by atoms with E-state index in [4.69, 9.17) is 0 Å². The van der Waals surface area contributed by atoms with Gasteiger partial charge in [0.05, 0.1) is 10.4 Å². The van der Waals surface area contributed by atoms with Crippen molar-refractivity contribution in [1.82, 2.24) is 4.98 Å². The van der Waals surface area contributed by atoms with Gasteiger partial charge in [0, 0.05) is 11.9 Å². The van der Waals surface area contributed by atoms with Gasteiger partial charge in [-0.25, -0.2) is 4.98 Å². The van der Waals surface area contributed by atoms with E-state index in [1.807, 2.05) is 24.3 Å². The Morgan fingerprint density at radius 3 is 2.90 bits per heavy atom. The minimum atomic E-state index is -0.361. The van der Waals surface area contributed by atoms with Crippen molar-refractivity contribution in [2.24, 2.45) is 11.8 Å². The zero-order chi connectivity index (χ0) is 14.8. The minimum absolute atomic E-state index is 0.0550. The number of rotatable bonds is 4. The summed E-state index contributed by atoms with van der Waals surface area (Å²) in [5, 5.41) is 15.4. The van der Waals surface area contributed by atoms with Crippen LogP contribution in [-0.2, 0) is 0 Å². The van der Waals surface area contributed by atoms with Gasteiger partial charge in [0.1, 0.15) is 11.9 Å². The summed E-state index contributed by atoms with van der Waals surface area (Å²) in [6.07, 6.45) is 5.06. The molecular weight excluding hydrogens is 266 g/mol. The Kier molecular flexibility index (Phi) is 3.73. The molecule has 1 aromatic heterocycles. The Balaban J connectivity index is 1.94. The summed E-state index contributed by atoms with van der Waals surface area (Å²) < 4.78 is 0. The van der Waals surface area contributed by atoms with Crippen molar-refractivity contribution in [2.75, 3.05) is 11.9 Å². The van der Waals surface area contributed by atoms with Gasteiger partial charge in [0.2, 0.25) is 0 Å². The van der Waals surface area contributed by atoms with Crippen LogP contribution in [0.3, 0.4) is 0 Å². The average Bonchev–Trinajstić information content (AvgIpc) is 2.89. The molecule has 1 aromatic carbocycles. The molecule has 110 valence electrons. The molecule has 2 unspecified atom stereocenters. The quantitative estimate of drug-likeness (QED) is 0.681. The smallest absolute Gasteiger partial charge is 0.311 e. The third kappa shape index (κ3) is 2.68. The Labute approximate surface area is 123 Å². The molecule has 1 aliphatic rings. The highest BCUT2D eigenvalue weighted by molar-refractivity contribution is 5.95. The first-order valence-corrected chi connectivity index (χ1v) is 7.43. The highest BCUT2D eigenvalue weighted by Gasteiger charge is 2.25. The van der Waals surface area contributed by atoms with Gasteiger partial charge in [-0.3, -0.25) is 10.1 Å². The predicted molar refractivity (Wildman–Crippen MR) is 83.4 cm³/mol. The van der Waals surface area contributed by atoms with Crippen molar-refractivity contribution in [2.45, 2.75) is 26.2 Å². The molecule has 5 nitrogen and oxygen atoms in total. The Morgan fingerprint density at radius 1 is 1.38 bits per heavy atom. The molecule has 5 heteroatoms. The van der Waals surface area contributed by atoms with Crippen molar-refractivity contribution in [1.29, 1.82) is 0 Å². The molecule has 21 heavy (non-hydrogen) atoms. The SMILES string of the molecule is CC1CCCC1CNc1c([N+](=O)[O-])cnc2ccccc12. The van der Waals surface area contributed by atoms with Crippen LogP contribution in [0.4, 0.5) is 11.4 Å². The van der Waals surface area contributed by atoms with E-state index in [2.05, 4.69) is 17.2 Å². The van der Waals surface area contributed by atoms with Crippen molar-refractivity contribution in [3.63, 3.8) is 0 Å². The third-order valence-electron chi connectivity index (χ3n) is 4.53. The first kappa shape index (κ1) is 13.8. The monoisotopic (exact) mass is 285 g/mol. The van der Waals surface area contributed by atoms with Gasteiger partial charge in [-0.05, 0) is 24.3 Å². The molecule has 0 bridgehead atoms. The van der Waals surface area contributed by atoms with E-state index >= 15 is 0 Å². The number of nitrogens with one attached hydrogen (secondary N) is 1. The van der Waals surface area contributed by atoms with Crippen LogP contribution in [0.15, 0.2) is 30.5 Å². The van der Waals surface area contributed by atoms with Gasteiger partial charge >= 0.3 is 5.69 Å². The lowest BCUT2D eigenvalue weighted by Gasteiger charge is -2.17. The van der Waals surface area contributed by atoms with E-state index in [1.165, 1.54) is 25.5 Å². The molecule has 0 spiro atoms. The number of fused-ring (bicyclic) bond motifs is 1. The van der Waals surface area contributed by atoms with Crippen molar-refractivity contribution in [3.8, 4) is 0 Å². The molecule has 1 aliphatic carbocycles. The maximum Gasteiger partial charge on any atom is 0.311 e. The number of para-hydroxylation sites is 1. The molecule has 0 aliphatic heterocycles. The number of pyridine rings is 1. The van der Waals surface area contributed by atoms with Crippen LogP contribution in [0.2, 0.25) is 0 Å². The molecule has 0 saturated heterocycles. The number of nitrogens with zero attached hydrogens (tertiary/aromatic N) is 2. The fourth-order valence-corrected chi connectivity index (χ4v) is 3.21. The fourth-order valence-electron chi connectivity index (χ4n) is 3.21. The van der Waals surface area contributed by atoms with Gasteiger partial charge < -0.3 is 5.32 Å². The minimum Gasteiger partial charge on any atom is -0.379 e. The molecule has 3 rings (SSSR count). The summed E-state index contributed by atoms with van der Waals surface area (Å²) >= 11 is 0. The lowest BCUT2D eigenvalue weighted by molar-refractivity contribution is -0.384. The largest absolute Gasteiger partial charge is 0.379 e. The van der Waals surface area contributed by atoms with Crippen LogP contribution in [0.25, 0.3) is 10.9 Å². The number of aromatic nitrogens is 1. The first-order chi connectivity index (χ1) is 10.2. The molecule has 2 aromatic rings. The summed E-state index contributed by atoms with van der Waals surface area (Å²) in [6, 6.07) is 7.54. The second-order valence-corrected chi connectivity index (χ2v) is 5.84. The number of anilines is 1. The van der Waals surface area contributed by atoms with Gasteiger partial charge in [-0.2, -0.15) is 0 Å². The van der Waals surface area contributed by atoms with E-state index in [0.29, 0.717) is 17.5 Å². The van der Waals surface area contributed by atoms with Crippen LogP contribution in [0, 0.1) is 22.0 Å². The summed E-state index contributed by atoms with van der Waals surface area (Å²) in [5.41, 5.74) is 1.44. The summed E-state index contributed by atoms with van der Waals surface area (Å²) in [6.45, 7) is 3.05. The maximum absolute atomic E-state index is 11.3. The van der Waals surface area contributed by atoms with E-state index in [-0.39, 0.29) is 10.6 Å². The van der Waals surface area contributed by atoms with Crippen LogP contribution < -0.4 is 5.32 Å². The number of nitro groups is 1. The van der Waals surface area contributed by atoms with E-state index in [9.17, 15) is 10.1 Å². The summed E-state index contributed by atoms with van der Waals surface area (Å²) in [7, 11) is 0. The van der Waals surface area contributed by atoms with Gasteiger partial charge in [0.25, 0.3) is 0 Å². The molecule has 1 N–H and O–H groups in total. The Morgan fingerprint density at radius 2 is 2.19 bits per heavy atom. The average molecular weight is 285 g/mol. The second kappa shape index (κ2) is 5.68. The lowest BCUT2D eigenvalue weighted by atomic mass is 9.98. The number of hydrogen-bond donors (Lipinski definition) is 1. The van der Waals surface area contributed by atoms with Crippen LogP contribution in [0.1, 0.15) is 26.2 Å². The normalized spacial score (nSPS) is 21.6. The van der Waals surface area contributed by atoms with Gasteiger partial charge in [-0.15, -0.1) is 0 Å². The molecule has 0 amide bonds. The van der Waals surface area contributed by atoms with Gasteiger partial charge in [0.15, 0.2) is 0 Å². The second-order valence-electron chi connectivity index (χ2n) is 5.84. The van der Waals surface area contributed by atoms with Crippen molar-refractivity contribution < 1.29 is 4.92 Å². The number of hydrogen-bond acceptors (Lipinski definition) is 4. The zero-order valence-electron chi connectivity index (χ0n) is 12.1. The summed E-state index contributed by atoms with van der Waals surface area (Å²) in [4.78, 5) is 15.1. The van der Waals surface area contributed by atoms with Crippen LogP contribution in [0.5, 0.6) is 0 Å². The van der Waals surface area contributed by atoms with Crippen molar-refractivity contribution in [3.05, 3.63) is 40.6 Å². The van der Waals surface area contributed by atoms with Crippen LogP contribution in [-0.4, -0.2) is 16.5 Å². The van der Waals surface area contributed by atoms with E-state index < -0.39 is 0 Å². The molecule has 0 radical (unpaired) electrons. The zero-order valence-corrected chi connectivity index (χ0v) is 12.1. The molecule has 1 heterocycles. The first-order valence-electron chi connectivity index (χ1n) is 7.43. The van der Waals surface area contributed by atoms with Gasteiger partial charge in [-0.1, -0.05) is 38.0 Å². The van der Waals surface area contributed by atoms with Crippen molar-refractivity contribution >= 4 is 22.3 Å². The molecule has 1 fully saturated rings. The highest BCUT2D eigenvalue weighted by atomic mass is 16.6. The molecule has 1 saturated carbocycles. The maximum atomic E-state index is 11.3. The Bertz CT molecular complexity index is 672. The molecule has 2 atom stereocenters. The topological polar surface area (TPSA) is 68.1 Å². The fraction of sp³-hybridized carbons (Fsp3) is 0.438. The van der Waals surface area contributed by atoms with E-state index in [0.717, 1.165) is 17.4 Å². The highest BCUT2D eigenvalue weighted by Crippen LogP contribution is 2.35. The number of benzene rings is 1. The van der Waals surface area contributed by atoms with Crippen LogP contribution >= 0.6 is 0 Å². The predicted octanol–water partition coefficient (Wildman–Crippen LogP) is 3.99. The summed E-state index contributed by atoms with van der Waals surface area (Å²) in [5.74, 6) is 1.28. The third-order valence-corrected chi connectivity index (χ3v) is 4.53.